The Morgan fingerprint density at radius 1 is 1.21 bits per heavy atom. The fraction of sp³-hybridized carbons (Fsp3) is 0.933. The van der Waals surface area contributed by atoms with Gasteiger partial charge in [-0.05, 0) is 25.7 Å². The van der Waals surface area contributed by atoms with Crippen molar-refractivity contribution in [1.29, 1.82) is 0 Å². The van der Waals surface area contributed by atoms with Crippen LogP contribution in [0.4, 0.5) is 0 Å². The van der Waals surface area contributed by atoms with E-state index in [4.69, 9.17) is 4.74 Å². The van der Waals surface area contributed by atoms with Crippen LogP contribution in [0.5, 0.6) is 0 Å². The summed E-state index contributed by atoms with van der Waals surface area (Å²) in [6.07, 6.45) is 6.06. The zero-order valence-corrected chi connectivity index (χ0v) is 12.6. The predicted octanol–water partition coefficient (Wildman–Crippen LogP) is 2.18. The lowest BCUT2D eigenvalue weighted by atomic mass is 10.1. The summed E-state index contributed by atoms with van der Waals surface area (Å²) >= 11 is 0. The van der Waals surface area contributed by atoms with E-state index < -0.39 is 0 Å². The van der Waals surface area contributed by atoms with E-state index in [1.54, 1.807) is 0 Å². The Morgan fingerprint density at radius 2 is 1.95 bits per heavy atom. The summed E-state index contributed by atoms with van der Waals surface area (Å²) < 4.78 is 5.35. The Labute approximate surface area is 117 Å². The SMILES string of the molecule is CCCCN(CCNC1CCOCC1)C(=O)CCC. The number of carbonyl (C=O) groups excluding carboxylic acids is 1. The van der Waals surface area contributed by atoms with Crippen molar-refractivity contribution in [1.82, 2.24) is 10.2 Å². The lowest BCUT2D eigenvalue weighted by Gasteiger charge is -2.26. The molecule has 0 saturated carbocycles. The van der Waals surface area contributed by atoms with Gasteiger partial charge in [0.25, 0.3) is 0 Å². The molecule has 0 aliphatic carbocycles. The molecule has 0 radical (unpaired) electrons. The number of amides is 1. The third kappa shape index (κ3) is 6.92. The van der Waals surface area contributed by atoms with Gasteiger partial charge in [0.2, 0.25) is 5.91 Å². The van der Waals surface area contributed by atoms with Gasteiger partial charge in [0, 0.05) is 45.3 Å². The molecule has 1 amide bonds. The molecule has 0 aromatic carbocycles. The molecule has 0 atom stereocenters. The molecule has 1 aliphatic rings. The van der Waals surface area contributed by atoms with Crippen molar-refractivity contribution in [2.45, 2.75) is 58.4 Å². The minimum Gasteiger partial charge on any atom is -0.381 e. The molecule has 0 bridgehead atoms. The van der Waals surface area contributed by atoms with E-state index >= 15 is 0 Å². The Hall–Kier alpha value is -0.610. The van der Waals surface area contributed by atoms with Crippen molar-refractivity contribution in [3.05, 3.63) is 0 Å². The highest BCUT2D eigenvalue weighted by Gasteiger charge is 2.15. The van der Waals surface area contributed by atoms with Gasteiger partial charge >= 0.3 is 0 Å². The van der Waals surface area contributed by atoms with E-state index in [-0.39, 0.29) is 0 Å². The van der Waals surface area contributed by atoms with Crippen molar-refractivity contribution in [3.63, 3.8) is 0 Å². The fourth-order valence-electron chi connectivity index (χ4n) is 2.39. The van der Waals surface area contributed by atoms with Gasteiger partial charge in [-0.3, -0.25) is 4.79 Å². The van der Waals surface area contributed by atoms with Crippen LogP contribution < -0.4 is 5.32 Å². The van der Waals surface area contributed by atoms with Crippen molar-refractivity contribution >= 4 is 5.91 Å². The van der Waals surface area contributed by atoms with Crippen LogP contribution in [0.3, 0.4) is 0 Å². The second-order valence-electron chi connectivity index (χ2n) is 5.33. The molecule has 4 heteroatoms. The van der Waals surface area contributed by atoms with E-state index in [9.17, 15) is 4.79 Å². The van der Waals surface area contributed by atoms with Gasteiger partial charge in [-0.15, -0.1) is 0 Å². The van der Waals surface area contributed by atoms with Crippen LogP contribution in [-0.2, 0) is 9.53 Å². The first-order valence-electron chi connectivity index (χ1n) is 7.86. The van der Waals surface area contributed by atoms with Gasteiger partial charge in [-0.2, -0.15) is 0 Å². The van der Waals surface area contributed by atoms with Crippen LogP contribution in [0.2, 0.25) is 0 Å². The topological polar surface area (TPSA) is 41.6 Å². The summed E-state index contributed by atoms with van der Waals surface area (Å²) in [6.45, 7) is 8.63. The molecule has 1 heterocycles. The summed E-state index contributed by atoms with van der Waals surface area (Å²) in [5, 5.41) is 3.55. The van der Waals surface area contributed by atoms with Crippen molar-refractivity contribution in [2.75, 3.05) is 32.8 Å². The standard InChI is InChI=1S/C15H30N2O2/c1-3-5-10-17(15(18)6-4-2)11-9-16-14-7-12-19-13-8-14/h14,16H,3-13H2,1-2H3. The van der Waals surface area contributed by atoms with Crippen LogP contribution >= 0.6 is 0 Å². The molecule has 112 valence electrons. The van der Waals surface area contributed by atoms with E-state index in [2.05, 4.69) is 19.2 Å². The summed E-state index contributed by atoms with van der Waals surface area (Å²) in [4.78, 5) is 14.0. The molecule has 1 rings (SSSR count). The Kier molecular flexibility index (Phi) is 8.84. The number of unbranched alkanes of at least 4 members (excludes halogenated alkanes) is 1. The smallest absolute Gasteiger partial charge is 0.222 e. The lowest BCUT2D eigenvalue weighted by molar-refractivity contribution is -0.131. The number of ether oxygens (including phenoxy) is 1. The average Bonchev–Trinajstić information content (AvgIpc) is 2.44. The molecule has 1 N–H and O–H groups in total. The number of rotatable bonds is 9. The maximum atomic E-state index is 12.0. The van der Waals surface area contributed by atoms with Crippen molar-refractivity contribution in [2.24, 2.45) is 0 Å². The van der Waals surface area contributed by atoms with Crippen LogP contribution in [0.15, 0.2) is 0 Å². The summed E-state index contributed by atoms with van der Waals surface area (Å²) in [5.74, 6) is 0.310. The third-order valence-electron chi connectivity index (χ3n) is 3.63. The molecular formula is C15H30N2O2. The van der Waals surface area contributed by atoms with Crippen LogP contribution in [0, 0.1) is 0 Å². The quantitative estimate of drug-likeness (QED) is 0.698. The minimum atomic E-state index is 0.310. The highest BCUT2D eigenvalue weighted by molar-refractivity contribution is 5.76. The van der Waals surface area contributed by atoms with Gasteiger partial charge in [0.1, 0.15) is 0 Å². The molecule has 0 spiro atoms. The van der Waals surface area contributed by atoms with Gasteiger partial charge in [-0.25, -0.2) is 0 Å². The first-order chi connectivity index (χ1) is 9.27. The molecule has 0 aromatic heterocycles. The molecule has 1 fully saturated rings. The molecule has 0 unspecified atom stereocenters. The Balaban J connectivity index is 2.24. The second kappa shape index (κ2) is 10.2. The van der Waals surface area contributed by atoms with E-state index in [0.717, 1.165) is 65.0 Å². The van der Waals surface area contributed by atoms with Crippen molar-refractivity contribution in [3.8, 4) is 0 Å². The first-order valence-corrected chi connectivity index (χ1v) is 7.86. The Bertz CT molecular complexity index is 240. The molecule has 1 saturated heterocycles. The van der Waals surface area contributed by atoms with Crippen LogP contribution in [0.1, 0.15) is 52.4 Å². The van der Waals surface area contributed by atoms with Gasteiger partial charge in [0.05, 0.1) is 0 Å². The number of nitrogens with one attached hydrogen (secondary N) is 1. The Morgan fingerprint density at radius 3 is 2.58 bits per heavy atom. The zero-order valence-electron chi connectivity index (χ0n) is 12.6. The second-order valence-corrected chi connectivity index (χ2v) is 5.33. The predicted molar refractivity (Wildman–Crippen MR) is 78.2 cm³/mol. The summed E-state index contributed by atoms with van der Waals surface area (Å²) in [7, 11) is 0. The summed E-state index contributed by atoms with van der Waals surface area (Å²) in [6, 6.07) is 0.572. The largest absolute Gasteiger partial charge is 0.381 e. The fourth-order valence-corrected chi connectivity index (χ4v) is 2.39. The molecule has 1 aliphatic heterocycles. The third-order valence-corrected chi connectivity index (χ3v) is 3.63. The minimum absolute atomic E-state index is 0.310. The van der Waals surface area contributed by atoms with Gasteiger partial charge in [0.15, 0.2) is 0 Å². The monoisotopic (exact) mass is 270 g/mol. The van der Waals surface area contributed by atoms with Crippen LogP contribution in [0.25, 0.3) is 0 Å². The molecular weight excluding hydrogens is 240 g/mol. The summed E-state index contributed by atoms with van der Waals surface area (Å²) in [5.41, 5.74) is 0. The lowest BCUT2D eigenvalue weighted by Crippen LogP contribution is -2.42. The maximum absolute atomic E-state index is 12.0. The highest BCUT2D eigenvalue weighted by Crippen LogP contribution is 2.06. The van der Waals surface area contributed by atoms with E-state index in [1.807, 2.05) is 4.90 Å². The number of hydrogen-bond acceptors (Lipinski definition) is 3. The molecule has 19 heavy (non-hydrogen) atoms. The van der Waals surface area contributed by atoms with Crippen molar-refractivity contribution < 1.29 is 9.53 Å². The first kappa shape index (κ1) is 16.4. The maximum Gasteiger partial charge on any atom is 0.222 e. The van der Waals surface area contributed by atoms with E-state index in [1.165, 1.54) is 0 Å². The average molecular weight is 270 g/mol. The molecule has 0 aromatic rings. The molecule has 4 nitrogen and oxygen atoms in total. The van der Waals surface area contributed by atoms with E-state index in [0.29, 0.717) is 18.4 Å². The normalized spacial score (nSPS) is 16.5. The number of nitrogens with zero attached hydrogens (tertiary/aromatic N) is 1. The number of hydrogen-bond donors (Lipinski definition) is 1. The highest BCUT2D eigenvalue weighted by atomic mass is 16.5. The van der Waals surface area contributed by atoms with Gasteiger partial charge < -0.3 is 15.0 Å². The van der Waals surface area contributed by atoms with Crippen LogP contribution in [-0.4, -0.2) is 49.7 Å². The van der Waals surface area contributed by atoms with Gasteiger partial charge in [-0.1, -0.05) is 20.3 Å². The number of carbonyl (C=O) groups is 1. The zero-order chi connectivity index (χ0) is 13.9.